The minimum atomic E-state index is -4.94. The SMILES string of the molecule is O=C(CC1CC1)Nc1cccnc1-n1cnc(Cn2nc(-c3ccc(Cl)cc3)n(CC(O)C(F)(F)F)c2=O)n1. The van der Waals surface area contributed by atoms with Crippen LogP contribution in [0.3, 0.4) is 0 Å². The van der Waals surface area contributed by atoms with E-state index >= 15 is 0 Å². The molecule has 1 unspecified atom stereocenters. The first-order valence-corrected chi connectivity index (χ1v) is 12.3. The Morgan fingerprint density at radius 3 is 2.59 bits per heavy atom. The number of rotatable bonds is 9. The summed E-state index contributed by atoms with van der Waals surface area (Å²) in [5.74, 6) is 0.580. The maximum absolute atomic E-state index is 13.1. The number of hydrogen-bond acceptors (Lipinski definition) is 7. The standard InChI is InChI=1S/C24H22ClF3N8O3/c25-16-7-5-15(6-8-16)21-33-35(23(39)34(21)11-18(37)24(26,27)28)12-19-30-13-36(32-19)22-17(2-1-9-29-22)31-20(38)10-14-3-4-14/h1-2,5-9,13-14,18,37H,3-4,10-12H2,(H,31,38). The number of aromatic nitrogens is 7. The Balaban J connectivity index is 1.42. The maximum Gasteiger partial charge on any atom is 0.416 e. The van der Waals surface area contributed by atoms with Gasteiger partial charge in [0.2, 0.25) is 5.91 Å². The summed E-state index contributed by atoms with van der Waals surface area (Å²) in [4.78, 5) is 33.8. The Bertz CT molecular complexity index is 1540. The van der Waals surface area contributed by atoms with Gasteiger partial charge in [0.25, 0.3) is 0 Å². The van der Waals surface area contributed by atoms with E-state index in [2.05, 4.69) is 25.5 Å². The van der Waals surface area contributed by atoms with E-state index in [1.54, 1.807) is 12.1 Å². The fourth-order valence-electron chi connectivity index (χ4n) is 3.87. The van der Waals surface area contributed by atoms with Crippen molar-refractivity contribution in [1.29, 1.82) is 0 Å². The fraction of sp³-hybridized carbons (Fsp3) is 0.333. The molecular formula is C24H22ClF3N8O3. The molecule has 0 saturated heterocycles. The van der Waals surface area contributed by atoms with E-state index in [9.17, 15) is 27.9 Å². The fourth-order valence-corrected chi connectivity index (χ4v) is 3.99. The van der Waals surface area contributed by atoms with Crippen LogP contribution < -0.4 is 11.0 Å². The van der Waals surface area contributed by atoms with E-state index in [0.29, 0.717) is 34.4 Å². The highest BCUT2D eigenvalue weighted by Crippen LogP contribution is 2.32. The van der Waals surface area contributed by atoms with Crippen LogP contribution in [0.5, 0.6) is 0 Å². The van der Waals surface area contributed by atoms with Crippen molar-refractivity contribution >= 4 is 23.2 Å². The molecule has 3 aromatic heterocycles. The van der Waals surface area contributed by atoms with Gasteiger partial charge in [0.05, 0.1) is 12.2 Å². The van der Waals surface area contributed by atoms with Crippen molar-refractivity contribution in [2.45, 2.75) is 44.6 Å². The van der Waals surface area contributed by atoms with Gasteiger partial charge in [-0.2, -0.15) is 13.2 Å². The van der Waals surface area contributed by atoms with Gasteiger partial charge in [-0.3, -0.25) is 9.36 Å². The largest absolute Gasteiger partial charge is 0.416 e. The van der Waals surface area contributed by atoms with Gasteiger partial charge >= 0.3 is 11.9 Å². The van der Waals surface area contributed by atoms with E-state index in [-0.39, 0.29) is 24.1 Å². The molecule has 0 spiro atoms. The van der Waals surface area contributed by atoms with Crippen LogP contribution in [0.4, 0.5) is 18.9 Å². The van der Waals surface area contributed by atoms with Crippen LogP contribution in [0, 0.1) is 5.92 Å². The van der Waals surface area contributed by atoms with E-state index in [4.69, 9.17) is 11.6 Å². The molecule has 0 aliphatic heterocycles. The summed E-state index contributed by atoms with van der Waals surface area (Å²) in [6.45, 7) is -1.34. The third kappa shape index (κ3) is 6.17. The van der Waals surface area contributed by atoms with E-state index in [0.717, 1.165) is 22.1 Å². The molecule has 4 aromatic rings. The molecule has 39 heavy (non-hydrogen) atoms. The number of nitrogens with one attached hydrogen (secondary N) is 1. The van der Waals surface area contributed by atoms with Gasteiger partial charge in [-0.05, 0) is 55.2 Å². The lowest BCUT2D eigenvalue weighted by Gasteiger charge is -2.15. The van der Waals surface area contributed by atoms with E-state index < -0.39 is 24.5 Å². The van der Waals surface area contributed by atoms with Gasteiger partial charge < -0.3 is 10.4 Å². The Morgan fingerprint density at radius 1 is 1.15 bits per heavy atom. The summed E-state index contributed by atoms with van der Waals surface area (Å²) in [7, 11) is 0. The monoisotopic (exact) mass is 562 g/mol. The summed E-state index contributed by atoms with van der Waals surface area (Å²) < 4.78 is 42.2. The van der Waals surface area contributed by atoms with Crippen molar-refractivity contribution in [3.05, 3.63) is 70.3 Å². The highest BCUT2D eigenvalue weighted by molar-refractivity contribution is 6.30. The van der Waals surface area contributed by atoms with Gasteiger partial charge in [-0.25, -0.2) is 24.1 Å². The van der Waals surface area contributed by atoms with Crippen LogP contribution >= 0.6 is 11.6 Å². The number of hydrogen-bond donors (Lipinski definition) is 2. The summed E-state index contributed by atoms with van der Waals surface area (Å²) in [6, 6.07) is 9.33. The average molecular weight is 563 g/mol. The summed E-state index contributed by atoms with van der Waals surface area (Å²) in [5, 5.41) is 21.4. The quantitative estimate of drug-likeness (QED) is 0.320. The third-order valence-corrected chi connectivity index (χ3v) is 6.29. The number of amides is 1. The zero-order chi connectivity index (χ0) is 27.7. The molecule has 1 aromatic carbocycles. The Kier molecular flexibility index (Phi) is 7.23. The van der Waals surface area contributed by atoms with E-state index in [1.165, 1.54) is 41.5 Å². The van der Waals surface area contributed by atoms with Crippen molar-refractivity contribution in [2.24, 2.45) is 5.92 Å². The summed E-state index contributed by atoms with van der Waals surface area (Å²) in [5.41, 5.74) is -0.152. The molecule has 1 amide bonds. The van der Waals surface area contributed by atoms with Crippen molar-refractivity contribution < 1.29 is 23.1 Å². The first-order chi connectivity index (χ1) is 18.6. The lowest BCUT2D eigenvalue weighted by Crippen LogP contribution is -2.37. The second-order valence-corrected chi connectivity index (χ2v) is 9.55. The number of carbonyl (C=O) groups excluding carboxylic acids is 1. The molecule has 1 aliphatic carbocycles. The van der Waals surface area contributed by atoms with Crippen molar-refractivity contribution in [3.63, 3.8) is 0 Å². The number of carbonyl (C=O) groups is 1. The van der Waals surface area contributed by atoms with Crippen molar-refractivity contribution in [2.75, 3.05) is 5.32 Å². The lowest BCUT2D eigenvalue weighted by atomic mass is 10.2. The molecule has 1 saturated carbocycles. The number of alkyl halides is 3. The molecule has 5 rings (SSSR count). The zero-order valence-corrected chi connectivity index (χ0v) is 21.0. The second-order valence-electron chi connectivity index (χ2n) is 9.11. The summed E-state index contributed by atoms with van der Waals surface area (Å²) >= 11 is 5.91. The molecule has 0 bridgehead atoms. The van der Waals surface area contributed by atoms with Crippen molar-refractivity contribution in [1.82, 2.24) is 34.1 Å². The number of pyridine rings is 1. The Hall–Kier alpha value is -4.04. The lowest BCUT2D eigenvalue weighted by molar-refractivity contribution is -0.207. The van der Waals surface area contributed by atoms with Crippen LogP contribution in [-0.2, 0) is 17.9 Å². The first-order valence-electron chi connectivity index (χ1n) is 11.9. The first kappa shape index (κ1) is 26.6. The number of nitrogens with zero attached hydrogens (tertiary/aromatic N) is 7. The summed E-state index contributed by atoms with van der Waals surface area (Å²) in [6.07, 6.45) is -2.38. The normalized spacial score (nSPS) is 14.4. The minimum Gasteiger partial charge on any atom is -0.382 e. The third-order valence-electron chi connectivity index (χ3n) is 6.04. The highest BCUT2D eigenvalue weighted by atomic mass is 35.5. The van der Waals surface area contributed by atoms with Gasteiger partial charge in [0.15, 0.2) is 23.6 Å². The number of benzene rings is 1. The molecule has 3 heterocycles. The Morgan fingerprint density at radius 2 is 1.90 bits per heavy atom. The highest BCUT2D eigenvalue weighted by Gasteiger charge is 2.39. The molecule has 204 valence electrons. The topological polar surface area (TPSA) is 133 Å². The number of aliphatic hydroxyl groups excluding tert-OH is 1. The minimum absolute atomic E-state index is 0.0928. The molecule has 1 atom stereocenters. The molecule has 1 aliphatic rings. The van der Waals surface area contributed by atoms with Crippen LogP contribution in [-0.4, -0.2) is 57.4 Å². The van der Waals surface area contributed by atoms with Gasteiger partial charge in [-0.15, -0.1) is 10.2 Å². The maximum atomic E-state index is 13.1. The molecule has 1 fully saturated rings. The number of halogens is 4. The molecule has 0 radical (unpaired) electrons. The predicted octanol–water partition coefficient (Wildman–Crippen LogP) is 3.05. The smallest absolute Gasteiger partial charge is 0.382 e. The Labute approximate surface area is 223 Å². The van der Waals surface area contributed by atoms with Crippen LogP contribution in [0.25, 0.3) is 17.2 Å². The van der Waals surface area contributed by atoms with Gasteiger partial charge in [0, 0.05) is 23.2 Å². The zero-order valence-electron chi connectivity index (χ0n) is 20.2. The van der Waals surface area contributed by atoms with Crippen molar-refractivity contribution in [3.8, 4) is 17.2 Å². The number of aliphatic hydroxyl groups is 1. The average Bonchev–Trinajstić information content (AvgIpc) is 3.49. The van der Waals surface area contributed by atoms with Gasteiger partial charge in [0.1, 0.15) is 12.9 Å². The van der Waals surface area contributed by atoms with Crippen LogP contribution in [0.1, 0.15) is 25.1 Å². The molecule has 2 N–H and O–H groups in total. The van der Waals surface area contributed by atoms with Crippen LogP contribution in [0.15, 0.2) is 53.7 Å². The van der Waals surface area contributed by atoms with Gasteiger partial charge in [-0.1, -0.05) is 11.6 Å². The number of anilines is 1. The molecular weight excluding hydrogens is 541 g/mol. The molecule has 15 heteroatoms. The van der Waals surface area contributed by atoms with E-state index in [1.807, 2.05) is 0 Å². The van der Waals surface area contributed by atoms with Crippen LogP contribution in [0.2, 0.25) is 5.02 Å². The predicted molar refractivity (Wildman–Crippen MR) is 133 cm³/mol. The molecule has 11 nitrogen and oxygen atoms in total. The second kappa shape index (κ2) is 10.6.